The number of carbonyl (C=O) groups excluding carboxylic acids is 2. The number of amides is 2. The molecule has 176 valence electrons. The van der Waals surface area contributed by atoms with E-state index < -0.39 is 39.6 Å². The Hall–Kier alpha value is -2.58. The molecule has 4 rings (SSSR count). The summed E-state index contributed by atoms with van der Waals surface area (Å²) < 4.78 is 25.6. The van der Waals surface area contributed by atoms with Gasteiger partial charge in [-0.25, -0.2) is 8.78 Å². The van der Waals surface area contributed by atoms with Crippen molar-refractivity contribution in [2.24, 2.45) is 5.92 Å². The smallest absolute Gasteiger partial charge is 0.257 e. The maximum Gasteiger partial charge on any atom is 0.257 e. The summed E-state index contributed by atoms with van der Waals surface area (Å²) in [6.07, 6.45) is 0. The van der Waals surface area contributed by atoms with Crippen LogP contribution in [-0.4, -0.2) is 16.1 Å². The highest BCUT2D eigenvalue weighted by molar-refractivity contribution is 6.53. The third kappa shape index (κ3) is 4.93. The number of carbonyl (C=O) groups is 2. The molecule has 34 heavy (non-hydrogen) atoms. The molecule has 0 aliphatic heterocycles. The monoisotopic (exact) mass is 543 g/mol. The predicted octanol–water partition coefficient (Wildman–Crippen LogP) is 6.63. The summed E-state index contributed by atoms with van der Waals surface area (Å²) in [4.78, 5) is 25.6. The van der Waals surface area contributed by atoms with Crippen LogP contribution in [0.25, 0.3) is 0 Å². The van der Waals surface area contributed by atoms with Crippen molar-refractivity contribution in [3.05, 3.63) is 87.4 Å². The lowest BCUT2D eigenvalue weighted by atomic mass is 10.1. The van der Waals surface area contributed by atoms with E-state index in [4.69, 9.17) is 52.1 Å². The van der Waals surface area contributed by atoms with Crippen LogP contribution in [0.2, 0.25) is 10.0 Å². The molecule has 2 atom stereocenters. The largest absolute Gasteiger partial charge is 0.399 e. The predicted molar refractivity (Wildman–Crippen MR) is 131 cm³/mol. The summed E-state index contributed by atoms with van der Waals surface area (Å²) in [7, 11) is 0. The van der Waals surface area contributed by atoms with Gasteiger partial charge in [-0.1, -0.05) is 29.3 Å². The molecule has 11 heteroatoms. The second-order valence-electron chi connectivity index (χ2n) is 7.71. The van der Waals surface area contributed by atoms with Crippen molar-refractivity contribution in [3.63, 3.8) is 0 Å². The van der Waals surface area contributed by atoms with Crippen molar-refractivity contribution in [2.75, 3.05) is 16.4 Å². The lowest BCUT2D eigenvalue weighted by Gasteiger charge is -2.11. The minimum Gasteiger partial charge on any atom is -0.399 e. The molecule has 0 bridgehead atoms. The molecule has 0 aromatic heterocycles. The Morgan fingerprint density at radius 1 is 0.882 bits per heavy atom. The molecule has 0 spiro atoms. The van der Waals surface area contributed by atoms with Gasteiger partial charge in [0.2, 0.25) is 5.91 Å². The maximum atomic E-state index is 13.6. The van der Waals surface area contributed by atoms with Crippen LogP contribution in [0, 0.1) is 17.6 Å². The molecule has 5 nitrogen and oxygen atoms in total. The molecule has 0 radical (unpaired) electrons. The zero-order valence-corrected chi connectivity index (χ0v) is 20.0. The second-order valence-corrected chi connectivity index (χ2v) is 9.97. The first-order chi connectivity index (χ1) is 16.0. The summed E-state index contributed by atoms with van der Waals surface area (Å²) in [5.41, 5.74) is 6.67. The van der Waals surface area contributed by atoms with E-state index in [1.807, 2.05) is 0 Å². The van der Waals surface area contributed by atoms with Crippen LogP contribution in [-0.2, 0) is 4.79 Å². The highest BCUT2D eigenvalue weighted by Crippen LogP contribution is 2.65. The number of hydrogen-bond acceptors (Lipinski definition) is 3. The highest BCUT2D eigenvalue weighted by atomic mass is 35.5. The van der Waals surface area contributed by atoms with Crippen molar-refractivity contribution in [1.82, 2.24) is 0 Å². The van der Waals surface area contributed by atoms with Crippen molar-refractivity contribution >= 4 is 75.3 Å². The minimum atomic E-state index is -1.42. The third-order valence-electron chi connectivity index (χ3n) is 5.30. The summed E-state index contributed by atoms with van der Waals surface area (Å²) in [5, 5.41) is 5.16. The van der Waals surface area contributed by atoms with Crippen LogP contribution in [0.15, 0.2) is 54.6 Å². The third-order valence-corrected chi connectivity index (χ3v) is 6.85. The first-order valence-electron chi connectivity index (χ1n) is 9.78. The standard InChI is InChI=1S/C23H15Cl4F2N3O2/c24-16-3-2-13(9-15(16)21(33)32-14-7-11(28)6-12(30)8-14)31-22(34)20-19(23(20,26)27)10-1-4-18(29)17(25)5-10/h1-9,19-20H,30H2,(H,31,34)(H,32,33)/t19-,20+/m0/s1. The number of rotatable bonds is 5. The Labute approximate surface area is 213 Å². The Balaban J connectivity index is 1.51. The molecule has 0 saturated heterocycles. The number of halogens is 6. The first-order valence-corrected chi connectivity index (χ1v) is 11.3. The van der Waals surface area contributed by atoms with Gasteiger partial charge >= 0.3 is 0 Å². The number of anilines is 3. The van der Waals surface area contributed by atoms with E-state index in [0.29, 0.717) is 5.56 Å². The van der Waals surface area contributed by atoms with E-state index in [1.54, 1.807) is 0 Å². The van der Waals surface area contributed by atoms with E-state index in [9.17, 15) is 18.4 Å². The molecule has 2 amide bonds. The van der Waals surface area contributed by atoms with E-state index in [1.165, 1.54) is 42.5 Å². The highest BCUT2D eigenvalue weighted by Gasteiger charge is 2.67. The van der Waals surface area contributed by atoms with Crippen LogP contribution < -0.4 is 16.4 Å². The van der Waals surface area contributed by atoms with Crippen molar-refractivity contribution in [1.29, 1.82) is 0 Å². The Morgan fingerprint density at radius 2 is 1.62 bits per heavy atom. The van der Waals surface area contributed by atoms with Gasteiger partial charge in [0.25, 0.3) is 5.91 Å². The molecule has 3 aromatic rings. The molecule has 0 unspecified atom stereocenters. The lowest BCUT2D eigenvalue weighted by molar-refractivity contribution is -0.117. The van der Waals surface area contributed by atoms with E-state index in [-0.39, 0.29) is 32.7 Å². The van der Waals surface area contributed by atoms with Crippen LogP contribution >= 0.6 is 46.4 Å². The minimum absolute atomic E-state index is 0.0305. The molecule has 1 aliphatic carbocycles. The number of nitrogen functional groups attached to an aromatic ring is 1. The van der Waals surface area contributed by atoms with Gasteiger partial charge in [-0.05, 0) is 54.1 Å². The van der Waals surface area contributed by atoms with Gasteiger partial charge in [-0.3, -0.25) is 9.59 Å². The van der Waals surface area contributed by atoms with E-state index >= 15 is 0 Å². The molecule has 4 N–H and O–H groups in total. The van der Waals surface area contributed by atoms with Crippen LogP contribution in [0.4, 0.5) is 25.8 Å². The van der Waals surface area contributed by atoms with Gasteiger partial charge in [-0.15, -0.1) is 23.2 Å². The van der Waals surface area contributed by atoms with Gasteiger partial charge in [0, 0.05) is 23.0 Å². The van der Waals surface area contributed by atoms with Crippen LogP contribution in [0.5, 0.6) is 0 Å². The Morgan fingerprint density at radius 3 is 2.29 bits per heavy atom. The molecule has 1 saturated carbocycles. The summed E-state index contributed by atoms with van der Waals surface area (Å²) in [6, 6.07) is 11.9. The molecule has 1 aliphatic rings. The summed E-state index contributed by atoms with van der Waals surface area (Å²) in [5.74, 6) is -3.82. The maximum absolute atomic E-state index is 13.6. The van der Waals surface area contributed by atoms with Crippen LogP contribution in [0.3, 0.4) is 0 Å². The van der Waals surface area contributed by atoms with Gasteiger partial charge in [-0.2, -0.15) is 0 Å². The van der Waals surface area contributed by atoms with Gasteiger partial charge in [0.05, 0.1) is 21.5 Å². The number of nitrogens with two attached hydrogens (primary N) is 1. The van der Waals surface area contributed by atoms with Crippen molar-refractivity contribution < 1.29 is 18.4 Å². The van der Waals surface area contributed by atoms with Gasteiger partial charge < -0.3 is 16.4 Å². The SMILES string of the molecule is Nc1cc(F)cc(NC(=O)c2cc(NC(=O)[C@H]3[C@H](c4ccc(F)c(Cl)c4)C3(Cl)Cl)ccc2Cl)c1. The summed E-state index contributed by atoms with van der Waals surface area (Å²) >= 11 is 24.6. The Kier molecular flexibility index (Phi) is 6.66. The average molecular weight is 545 g/mol. The summed E-state index contributed by atoms with van der Waals surface area (Å²) in [6.45, 7) is 0. The Bertz CT molecular complexity index is 1300. The molecular formula is C23H15Cl4F2N3O2. The molecular weight excluding hydrogens is 530 g/mol. The number of nitrogens with one attached hydrogen (secondary N) is 2. The zero-order valence-electron chi connectivity index (χ0n) is 17.0. The van der Waals surface area contributed by atoms with E-state index in [0.717, 1.165) is 12.1 Å². The van der Waals surface area contributed by atoms with E-state index in [2.05, 4.69) is 10.6 Å². The van der Waals surface area contributed by atoms with Gasteiger partial charge in [0.1, 0.15) is 16.0 Å². The molecule has 0 heterocycles. The van der Waals surface area contributed by atoms with Crippen molar-refractivity contribution in [2.45, 2.75) is 10.3 Å². The first kappa shape index (κ1) is 24.5. The number of alkyl halides is 2. The zero-order chi connectivity index (χ0) is 24.8. The quantitative estimate of drug-likeness (QED) is 0.249. The van der Waals surface area contributed by atoms with Gasteiger partial charge in [0.15, 0.2) is 0 Å². The van der Waals surface area contributed by atoms with Crippen LogP contribution in [0.1, 0.15) is 21.8 Å². The fourth-order valence-electron chi connectivity index (χ4n) is 3.65. The topological polar surface area (TPSA) is 84.2 Å². The number of hydrogen-bond donors (Lipinski definition) is 3. The second kappa shape index (κ2) is 9.23. The fraction of sp³-hybridized carbons (Fsp3) is 0.130. The molecule has 3 aromatic carbocycles. The lowest BCUT2D eigenvalue weighted by Crippen LogP contribution is -2.18. The average Bonchev–Trinajstić information content (AvgIpc) is 3.32. The normalized spacial score (nSPS) is 18.3. The number of benzene rings is 3. The molecule has 1 fully saturated rings. The fourth-order valence-corrected chi connectivity index (χ4v) is 4.87. The van der Waals surface area contributed by atoms with Crippen molar-refractivity contribution in [3.8, 4) is 0 Å².